The molecule has 1 fully saturated rings. The van der Waals surface area contributed by atoms with E-state index in [0.29, 0.717) is 18.2 Å². The fraction of sp³-hybridized carbons (Fsp3) is 0.462. The molecule has 19 heavy (non-hydrogen) atoms. The Morgan fingerprint density at radius 2 is 2.42 bits per heavy atom. The first kappa shape index (κ1) is 14.1. The van der Waals surface area contributed by atoms with E-state index in [0.717, 1.165) is 17.7 Å². The summed E-state index contributed by atoms with van der Waals surface area (Å²) in [5.74, 6) is 1.87. The molecule has 1 aromatic carbocycles. The van der Waals surface area contributed by atoms with Crippen molar-refractivity contribution >= 4 is 17.6 Å². The minimum atomic E-state index is -0.390. The number of oxime groups is 1. The van der Waals surface area contributed by atoms with Crippen LogP contribution in [0.2, 0.25) is 0 Å². The normalized spacial score (nSPS) is 20.5. The van der Waals surface area contributed by atoms with Gasteiger partial charge >= 0.3 is 0 Å². The average molecular weight is 283 g/mol. The molecule has 1 unspecified atom stereocenters. The van der Waals surface area contributed by atoms with Crippen LogP contribution in [-0.2, 0) is 6.54 Å². The number of nitrogens with two attached hydrogens (primary N) is 1. The summed E-state index contributed by atoms with van der Waals surface area (Å²) in [6.07, 6.45) is 2.38. The summed E-state index contributed by atoms with van der Waals surface area (Å²) in [7, 11) is 0. The van der Waals surface area contributed by atoms with Gasteiger partial charge in [0.15, 0.2) is 5.84 Å². The molecule has 1 aromatic rings. The van der Waals surface area contributed by atoms with Crippen molar-refractivity contribution in [3.63, 3.8) is 0 Å². The lowest BCUT2D eigenvalue weighted by molar-refractivity contribution is 0.318. The van der Waals surface area contributed by atoms with Crippen molar-refractivity contribution in [3.05, 3.63) is 35.1 Å². The highest BCUT2D eigenvalue weighted by atomic mass is 32.2. The Hall–Kier alpha value is -1.27. The number of rotatable bonds is 4. The van der Waals surface area contributed by atoms with Crippen molar-refractivity contribution in [3.8, 4) is 0 Å². The van der Waals surface area contributed by atoms with Crippen molar-refractivity contribution < 1.29 is 9.60 Å². The molecule has 0 bridgehead atoms. The Morgan fingerprint density at radius 3 is 3.11 bits per heavy atom. The van der Waals surface area contributed by atoms with Crippen molar-refractivity contribution in [1.29, 1.82) is 0 Å². The number of halogens is 1. The van der Waals surface area contributed by atoms with Gasteiger partial charge in [0.25, 0.3) is 0 Å². The number of hydrogen-bond donors (Lipinski definition) is 3. The van der Waals surface area contributed by atoms with E-state index in [4.69, 9.17) is 10.9 Å². The van der Waals surface area contributed by atoms with E-state index >= 15 is 0 Å². The average Bonchev–Trinajstić information content (AvgIpc) is 2.46. The molecule has 2 rings (SSSR count). The molecule has 0 amide bonds. The second-order valence-corrected chi connectivity index (χ2v) is 5.73. The summed E-state index contributed by atoms with van der Waals surface area (Å²) in [6.45, 7) is 0.594. The van der Waals surface area contributed by atoms with Crippen LogP contribution in [0.25, 0.3) is 0 Å². The highest BCUT2D eigenvalue weighted by Crippen LogP contribution is 2.18. The predicted molar refractivity (Wildman–Crippen MR) is 76.1 cm³/mol. The molecule has 0 radical (unpaired) electrons. The molecule has 0 aliphatic carbocycles. The van der Waals surface area contributed by atoms with Crippen molar-refractivity contribution in [2.75, 3.05) is 11.5 Å². The van der Waals surface area contributed by atoms with E-state index in [1.54, 1.807) is 6.07 Å². The lowest BCUT2D eigenvalue weighted by atomic mass is 10.1. The Kier molecular flexibility index (Phi) is 5.04. The summed E-state index contributed by atoms with van der Waals surface area (Å²) >= 11 is 1.94. The first-order valence-electron chi connectivity index (χ1n) is 6.28. The van der Waals surface area contributed by atoms with Crippen LogP contribution < -0.4 is 11.1 Å². The zero-order valence-corrected chi connectivity index (χ0v) is 11.4. The number of nitrogens with one attached hydrogen (secondary N) is 1. The topological polar surface area (TPSA) is 70.6 Å². The summed E-state index contributed by atoms with van der Waals surface area (Å²) in [4.78, 5) is 0. The molecule has 4 N–H and O–H groups in total. The fourth-order valence-electron chi connectivity index (χ4n) is 2.15. The molecular weight excluding hydrogens is 265 g/mol. The van der Waals surface area contributed by atoms with Gasteiger partial charge in [-0.2, -0.15) is 11.8 Å². The van der Waals surface area contributed by atoms with E-state index in [1.165, 1.54) is 24.3 Å². The van der Waals surface area contributed by atoms with Crippen LogP contribution in [0.5, 0.6) is 0 Å². The Labute approximate surface area is 116 Å². The quantitative estimate of drug-likeness (QED) is 0.342. The third-order valence-electron chi connectivity index (χ3n) is 3.20. The number of thioether (sulfide) groups is 1. The van der Waals surface area contributed by atoms with Crippen LogP contribution in [0.4, 0.5) is 4.39 Å². The molecule has 1 aliphatic heterocycles. The first-order chi connectivity index (χ1) is 9.20. The van der Waals surface area contributed by atoms with E-state index in [2.05, 4.69) is 10.5 Å². The maximum absolute atomic E-state index is 13.2. The highest BCUT2D eigenvalue weighted by molar-refractivity contribution is 7.99. The van der Waals surface area contributed by atoms with Crippen molar-refractivity contribution in [1.82, 2.24) is 5.32 Å². The third kappa shape index (κ3) is 3.84. The maximum Gasteiger partial charge on any atom is 0.170 e. The molecule has 1 heterocycles. The minimum absolute atomic E-state index is 0.0608. The second kappa shape index (κ2) is 6.77. The van der Waals surface area contributed by atoms with Gasteiger partial charge in [-0.3, -0.25) is 0 Å². The van der Waals surface area contributed by atoms with Gasteiger partial charge in [-0.25, -0.2) is 4.39 Å². The molecule has 1 aliphatic rings. The van der Waals surface area contributed by atoms with Gasteiger partial charge < -0.3 is 16.3 Å². The molecule has 0 saturated carbocycles. The van der Waals surface area contributed by atoms with Gasteiger partial charge in [0, 0.05) is 23.9 Å². The lowest BCUT2D eigenvalue weighted by Crippen LogP contribution is -2.34. The van der Waals surface area contributed by atoms with Crippen LogP contribution in [0.15, 0.2) is 23.4 Å². The maximum atomic E-state index is 13.2. The fourth-order valence-corrected chi connectivity index (χ4v) is 3.26. The minimum Gasteiger partial charge on any atom is -0.409 e. The van der Waals surface area contributed by atoms with Gasteiger partial charge in [-0.1, -0.05) is 11.2 Å². The second-order valence-electron chi connectivity index (χ2n) is 4.58. The summed E-state index contributed by atoms with van der Waals surface area (Å²) in [5.41, 5.74) is 6.86. The summed E-state index contributed by atoms with van der Waals surface area (Å²) in [5, 5.41) is 15.1. The predicted octanol–water partition coefficient (Wildman–Crippen LogP) is 1.91. The molecule has 4 nitrogen and oxygen atoms in total. The van der Waals surface area contributed by atoms with E-state index in [1.807, 2.05) is 11.8 Å². The number of nitrogens with zero attached hydrogens (tertiary/aromatic N) is 1. The van der Waals surface area contributed by atoms with Crippen LogP contribution in [-0.4, -0.2) is 28.6 Å². The van der Waals surface area contributed by atoms with Gasteiger partial charge in [0.05, 0.1) is 0 Å². The van der Waals surface area contributed by atoms with Crippen LogP contribution in [0, 0.1) is 5.82 Å². The standard InChI is InChI=1S/C13H18FN3OS/c14-10-4-3-9(12(6-10)13(15)17-18)7-16-11-2-1-5-19-8-11/h3-4,6,11,16,18H,1-2,5,7-8H2,(H2,15,17). The van der Waals surface area contributed by atoms with Crippen molar-refractivity contribution in [2.45, 2.75) is 25.4 Å². The smallest absolute Gasteiger partial charge is 0.170 e. The zero-order chi connectivity index (χ0) is 13.7. The molecule has 104 valence electrons. The molecular formula is C13H18FN3OS. The summed E-state index contributed by atoms with van der Waals surface area (Å²) < 4.78 is 13.2. The van der Waals surface area contributed by atoms with Crippen LogP contribution in [0.3, 0.4) is 0 Å². The molecule has 1 saturated heterocycles. The van der Waals surface area contributed by atoms with Crippen LogP contribution in [0.1, 0.15) is 24.0 Å². The molecule has 6 heteroatoms. The van der Waals surface area contributed by atoms with Gasteiger partial charge in [0.2, 0.25) is 0 Å². The first-order valence-corrected chi connectivity index (χ1v) is 7.43. The SMILES string of the molecule is N/C(=N/O)c1cc(F)ccc1CNC1CCCSC1. The molecule has 0 aromatic heterocycles. The lowest BCUT2D eigenvalue weighted by Gasteiger charge is -2.23. The molecule has 0 spiro atoms. The monoisotopic (exact) mass is 283 g/mol. The van der Waals surface area contributed by atoms with Gasteiger partial charge in [-0.15, -0.1) is 0 Å². The van der Waals surface area contributed by atoms with Crippen LogP contribution >= 0.6 is 11.8 Å². The molecule has 1 atom stereocenters. The number of amidine groups is 1. The van der Waals surface area contributed by atoms with Gasteiger partial charge in [-0.05, 0) is 36.3 Å². The van der Waals surface area contributed by atoms with E-state index < -0.39 is 5.82 Å². The number of benzene rings is 1. The third-order valence-corrected chi connectivity index (χ3v) is 4.41. The van der Waals surface area contributed by atoms with Crippen molar-refractivity contribution in [2.24, 2.45) is 10.9 Å². The van der Waals surface area contributed by atoms with E-state index in [9.17, 15) is 4.39 Å². The highest BCUT2D eigenvalue weighted by Gasteiger charge is 2.14. The number of hydrogen-bond acceptors (Lipinski definition) is 4. The summed E-state index contributed by atoms with van der Waals surface area (Å²) in [6, 6.07) is 4.83. The van der Waals surface area contributed by atoms with Gasteiger partial charge in [0.1, 0.15) is 5.82 Å². The largest absolute Gasteiger partial charge is 0.409 e. The van der Waals surface area contributed by atoms with E-state index in [-0.39, 0.29) is 5.84 Å². The Bertz CT molecular complexity index is 461. The Morgan fingerprint density at radius 1 is 1.58 bits per heavy atom. The zero-order valence-electron chi connectivity index (χ0n) is 10.6. The Balaban J connectivity index is 2.06.